The third-order valence-electron chi connectivity index (χ3n) is 3.51. The van der Waals surface area contributed by atoms with Crippen LogP contribution in [0.4, 0.5) is 0 Å². The standard InChI is InChI=1S/C18H24ClN3O2.HI/c1-14(15-5-3-6-16(19)13-15)22-18(21-10-12-23-2)20-9-8-17-7-4-11-24-17;/h3-7,11,13-14H,8-10,12H2,1-2H3,(H2,20,21,22);1H. The molecule has 2 N–H and O–H groups in total. The van der Waals surface area contributed by atoms with Gasteiger partial charge in [-0.15, -0.1) is 24.0 Å². The van der Waals surface area contributed by atoms with E-state index in [4.69, 9.17) is 20.8 Å². The molecule has 0 spiro atoms. The highest BCUT2D eigenvalue weighted by Gasteiger charge is 2.08. The quantitative estimate of drug-likeness (QED) is 0.261. The molecule has 0 aliphatic heterocycles. The minimum Gasteiger partial charge on any atom is -0.469 e. The monoisotopic (exact) mass is 477 g/mol. The number of methoxy groups -OCH3 is 1. The van der Waals surface area contributed by atoms with E-state index in [2.05, 4.69) is 22.5 Å². The molecule has 7 heteroatoms. The third-order valence-corrected chi connectivity index (χ3v) is 3.75. The number of halogens is 2. The number of benzene rings is 1. The molecule has 0 amide bonds. The van der Waals surface area contributed by atoms with Crippen molar-refractivity contribution >= 4 is 41.5 Å². The van der Waals surface area contributed by atoms with E-state index in [-0.39, 0.29) is 30.0 Å². The molecule has 0 aliphatic carbocycles. The molecule has 138 valence electrons. The van der Waals surface area contributed by atoms with E-state index < -0.39 is 0 Å². The van der Waals surface area contributed by atoms with Gasteiger partial charge in [0.25, 0.3) is 0 Å². The van der Waals surface area contributed by atoms with Gasteiger partial charge in [-0.2, -0.15) is 0 Å². The largest absolute Gasteiger partial charge is 0.469 e. The lowest BCUT2D eigenvalue weighted by Crippen LogP contribution is -2.40. The number of nitrogens with one attached hydrogen (secondary N) is 2. The second-order valence-electron chi connectivity index (χ2n) is 5.40. The molecule has 0 aliphatic rings. The van der Waals surface area contributed by atoms with Crippen molar-refractivity contribution in [3.05, 3.63) is 59.0 Å². The van der Waals surface area contributed by atoms with Gasteiger partial charge in [0.15, 0.2) is 5.96 Å². The highest BCUT2D eigenvalue weighted by Crippen LogP contribution is 2.17. The van der Waals surface area contributed by atoms with Gasteiger partial charge >= 0.3 is 0 Å². The van der Waals surface area contributed by atoms with Crippen LogP contribution < -0.4 is 10.6 Å². The van der Waals surface area contributed by atoms with Gasteiger partial charge in [0.1, 0.15) is 5.76 Å². The molecule has 0 saturated carbocycles. The average molecular weight is 478 g/mol. The number of hydrogen-bond donors (Lipinski definition) is 2. The first-order valence-electron chi connectivity index (χ1n) is 8.00. The molecule has 2 rings (SSSR count). The van der Waals surface area contributed by atoms with Crippen LogP contribution in [-0.2, 0) is 11.2 Å². The Hall–Kier alpha value is -1.25. The van der Waals surface area contributed by atoms with Crippen LogP contribution in [0.15, 0.2) is 52.1 Å². The maximum absolute atomic E-state index is 6.07. The van der Waals surface area contributed by atoms with Gasteiger partial charge in [-0.25, -0.2) is 0 Å². The first-order chi connectivity index (χ1) is 11.7. The van der Waals surface area contributed by atoms with Crippen LogP contribution >= 0.6 is 35.6 Å². The Morgan fingerprint density at radius 1 is 1.32 bits per heavy atom. The summed E-state index contributed by atoms with van der Waals surface area (Å²) in [4.78, 5) is 4.53. The van der Waals surface area contributed by atoms with Gasteiger partial charge in [-0.1, -0.05) is 23.7 Å². The number of nitrogens with zero attached hydrogens (tertiary/aromatic N) is 1. The Labute approximate surface area is 171 Å². The second-order valence-corrected chi connectivity index (χ2v) is 5.84. The summed E-state index contributed by atoms with van der Waals surface area (Å²) in [5, 5.41) is 7.44. The topological polar surface area (TPSA) is 58.8 Å². The minimum absolute atomic E-state index is 0. The highest BCUT2D eigenvalue weighted by atomic mass is 127. The maximum atomic E-state index is 6.07. The molecule has 25 heavy (non-hydrogen) atoms. The van der Waals surface area contributed by atoms with Crippen molar-refractivity contribution in [3.63, 3.8) is 0 Å². The fourth-order valence-corrected chi connectivity index (χ4v) is 2.42. The number of hydrogen-bond acceptors (Lipinski definition) is 3. The van der Waals surface area contributed by atoms with E-state index >= 15 is 0 Å². The normalized spacial score (nSPS) is 12.4. The van der Waals surface area contributed by atoms with Crippen molar-refractivity contribution in [2.45, 2.75) is 19.4 Å². The lowest BCUT2D eigenvalue weighted by Gasteiger charge is -2.19. The number of rotatable bonds is 8. The Balaban J connectivity index is 0.00000312. The molecule has 2 aromatic rings. The Bertz CT molecular complexity index is 635. The van der Waals surface area contributed by atoms with E-state index in [9.17, 15) is 0 Å². The first-order valence-corrected chi connectivity index (χ1v) is 8.38. The minimum atomic E-state index is 0. The lowest BCUT2D eigenvalue weighted by atomic mass is 10.1. The molecule has 1 aromatic carbocycles. The zero-order chi connectivity index (χ0) is 17.2. The summed E-state index contributed by atoms with van der Waals surface area (Å²) in [7, 11) is 1.67. The molecule has 1 atom stereocenters. The van der Waals surface area contributed by atoms with Gasteiger partial charge in [0, 0.05) is 25.1 Å². The van der Waals surface area contributed by atoms with Crippen LogP contribution in [-0.4, -0.2) is 32.8 Å². The second kappa shape index (κ2) is 12.2. The van der Waals surface area contributed by atoms with Crippen LogP contribution in [0.5, 0.6) is 0 Å². The zero-order valence-corrected chi connectivity index (χ0v) is 17.6. The molecule has 0 radical (unpaired) electrons. The van der Waals surface area contributed by atoms with Gasteiger partial charge in [0.05, 0.1) is 25.5 Å². The van der Waals surface area contributed by atoms with Gasteiger partial charge in [-0.05, 0) is 36.8 Å². The summed E-state index contributed by atoms with van der Waals surface area (Å²) in [5.41, 5.74) is 1.11. The van der Waals surface area contributed by atoms with E-state index in [1.807, 2.05) is 36.4 Å². The molecular formula is C18H25ClIN3O2. The van der Waals surface area contributed by atoms with Crippen molar-refractivity contribution < 1.29 is 9.15 Å². The summed E-state index contributed by atoms with van der Waals surface area (Å²) in [6.45, 7) is 3.98. The van der Waals surface area contributed by atoms with Crippen LogP contribution in [0.25, 0.3) is 0 Å². The van der Waals surface area contributed by atoms with Crippen molar-refractivity contribution in [1.29, 1.82) is 0 Å². The zero-order valence-electron chi connectivity index (χ0n) is 14.5. The number of aliphatic imine (C=N–C) groups is 1. The third kappa shape index (κ3) is 8.11. The van der Waals surface area contributed by atoms with Crippen molar-refractivity contribution in [3.8, 4) is 0 Å². The molecule has 1 aromatic heterocycles. The fourth-order valence-electron chi connectivity index (χ4n) is 2.22. The molecule has 0 bridgehead atoms. The number of guanidine groups is 1. The van der Waals surface area contributed by atoms with Gasteiger partial charge < -0.3 is 19.8 Å². The van der Waals surface area contributed by atoms with Crippen LogP contribution in [0, 0.1) is 0 Å². The smallest absolute Gasteiger partial charge is 0.191 e. The van der Waals surface area contributed by atoms with Crippen LogP contribution in [0.1, 0.15) is 24.3 Å². The summed E-state index contributed by atoms with van der Waals surface area (Å²) in [6.07, 6.45) is 2.48. The summed E-state index contributed by atoms with van der Waals surface area (Å²) < 4.78 is 10.4. The van der Waals surface area contributed by atoms with Gasteiger partial charge in [0.2, 0.25) is 0 Å². The summed E-state index contributed by atoms with van der Waals surface area (Å²) in [6, 6.07) is 11.7. The lowest BCUT2D eigenvalue weighted by molar-refractivity contribution is 0.208. The summed E-state index contributed by atoms with van der Waals surface area (Å²) >= 11 is 6.07. The SMILES string of the molecule is COCCN=C(NCCc1ccco1)NC(C)c1cccc(Cl)c1.I. The highest BCUT2D eigenvalue weighted by molar-refractivity contribution is 14.0. The predicted octanol–water partition coefficient (Wildman–Crippen LogP) is 4.04. The number of furan rings is 1. The van der Waals surface area contributed by atoms with Crippen LogP contribution in [0.3, 0.4) is 0 Å². The molecular weight excluding hydrogens is 453 g/mol. The average Bonchev–Trinajstić information content (AvgIpc) is 3.08. The molecule has 0 saturated heterocycles. The fraction of sp³-hybridized carbons (Fsp3) is 0.389. The summed E-state index contributed by atoms with van der Waals surface area (Å²) in [5.74, 6) is 1.69. The van der Waals surface area contributed by atoms with E-state index in [1.165, 1.54) is 0 Å². The van der Waals surface area contributed by atoms with E-state index in [1.54, 1.807) is 13.4 Å². The Kier molecular flexibility index (Phi) is 10.6. The van der Waals surface area contributed by atoms with Crippen LogP contribution in [0.2, 0.25) is 5.02 Å². The molecule has 5 nitrogen and oxygen atoms in total. The first kappa shape index (κ1) is 21.8. The van der Waals surface area contributed by atoms with E-state index in [0.29, 0.717) is 13.2 Å². The molecule has 1 heterocycles. The van der Waals surface area contributed by atoms with Gasteiger partial charge in [-0.3, -0.25) is 4.99 Å². The van der Waals surface area contributed by atoms with E-state index in [0.717, 1.165) is 35.3 Å². The number of ether oxygens (including phenoxy) is 1. The molecule has 0 fully saturated rings. The van der Waals surface area contributed by atoms with Crippen molar-refractivity contribution in [2.24, 2.45) is 4.99 Å². The molecule has 1 unspecified atom stereocenters. The van der Waals surface area contributed by atoms with Crippen molar-refractivity contribution in [1.82, 2.24) is 10.6 Å². The maximum Gasteiger partial charge on any atom is 0.191 e. The Morgan fingerprint density at radius 3 is 2.84 bits per heavy atom. The predicted molar refractivity (Wildman–Crippen MR) is 113 cm³/mol. The Morgan fingerprint density at radius 2 is 2.16 bits per heavy atom. The van der Waals surface area contributed by atoms with Crippen molar-refractivity contribution in [2.75, 3.05) is 26.8 Å².